The van der Waals surface area contributed by atoms with Gasteiger partial charge in [0.1, 0.15) is 12.1 Å². The Balaban J connectivity index is 1.72. The van der Waals surface area contributed by atoms with Crippen molar-refractivity contribution in [3.8, 4) is 0 Å². The number of carboxylic acids is 1. The van der Waals surface area contributed by atoms with E-state index >= 15 is 0 Å². The van der Waals surface area contributed by atoms with E-state index in [-0.39, 0.29) is 11.1 Å². The zero-order valence-electron chi connectivity index (χ0n) is 21.7. The molecule has 0 spiro atoms. The third-order valence-corrected chi connectivity index (χ3v) is 6.45. The maximum absolute atomic E-state index is 13.8. The van der Waals surface area contributed by atoms with Gasteiger partial charge in [-0.1, -0.05) is 6.58 Å². The van der Waals surface area contributed by atoms with Crippen molar-refractivity contribution in [3.05, 3.63) is 93.6 Å². The standard InChI is InChI=1S/C29H32F4N2O3/c1-18-7-5-6-12-35(38-14-11-24-19(2)15-23(28(36)37)16-20(24)3)13-10-21(4)34-27(18)22-8-9-26(30)25(17-22)29(31,32)33/h8-9,11,14-17,34H,4-7,10,12-13H2,1-3H3,(H,36,37)/b14-11+,27-18-. The van der Waals surface area contributed by atoms with Crippen LogP contribution in [0.3, 0.4) is 0 Å². The van der Waals surface area contributed by atoms with E-state index in [1.807, 2.05) is 20.8 Å². The number of allylic oxidation sites excluding steroid dienone is 1. The molecule has 3 rings (SSSR count). The van der Waals surface area contributed by atoms with E-state index in [2.05, 4.69) is 11.9 Å². The molecule has 2 N–H and O–H groups in total. The first-order valence-corrected chi connectivity index (χ1v) is 12.3. The number of nitrogens with zero attached hydrogens (tertiary/aromatic N) is 1. The number of halogens is 4. The second-order valence-corrected chi connectivity index (χ2v) is 9.45. The van der Waals surface area contributed by atoms with E-state index < -0.39 is 23.5 Å². The summed E-state index contributed by atoms with van der Waals surface area (Å²) in [6.07, 6.45) is 1.22. The van der Waals surface area contributed by atoms with Crippen molar-refractivity contribution in [2.45, 2.75) is 52.6 Å². The zero-order valence-corrected chi connectivity index (χ0v) is 21.7. The van der Waals surface area contributed by atoms with Crippen LogP contribution in [0.5, 0.6) is 0 Å². The van der Waals surface area contributed by atoms with Crippen LogP contribution in [0.4, 0.5) is 17.6 Å². The Hall–Kier alpha value is -3.59. The first-order valence-electron chi connectivity index (χ1n) is 12.3. The molecule has 0 amide bonds. The van der Waals surface area contributed by atoms with Gasteiger partial charge in [-0.3, -0.25) is 0 Å². The van der Waals surface area contributed by atoms with Gasteiger partial charge < -0.3 is 15.3 Å². The van der Waals surface area contributed by atoms with Crippen molar-refractivity contribution in [2.24, 2.45) is 0 Å². The highest BCUT2D eigenvalue weighted by molar-refractivity contribution is 5.88. The minimum Gasteiger partial charge on any atom is -0.478 e. The lowest BCUT2D eigenvalue weighted by molar-refractivity contribution is -0.140. The van der Waals surface area contributed by atoms with E-state index in [1.54, 1.807) is 29.5 Å². The SMILES string of the molecule is C=C1CCN(O/C=C/c2c(C)cc(C(=O)O)cc2C)CCCC/C(C)=C(/c2ccc(F)c(C(F)(F)F)c2)N1. The molecule has 0 aromatic heterocycles. The number of nitrogens with one attached hydrogen (secondary N) is 1. The van der Waals surface area contributed by atoms with E-state index in [9.17, 15) is 27.5 Å². The molecule has 0 unspecified atom stereocenters. The lowest BCUT2D eigenvalue weighted by atomic mass is 9.99. The predicted octanol–water partition coefficient (Wildman–Crippen LogP) is 7.47. The average Bonchev–Trinajstić information content (AvgIpc) is 2.86. The third-order valence-electron chi connectivity index (χ3n) is 6.45. The van der Waals surface area contributed by atoms with E-state index in [1.165, 1.54) is 6.07 Å². The van der Waals surface area contributed by atoms with Crippen molar-refractivity contribution >= 4 is 17.7 Å². The Labute approximate surface area is 220 Å². The lowest BCUT2D eigenvalue weighted by Crippen LogP contribution is -2.26. The van der Waals surface area contributed by atoms with Crippen LogP contribution in [0, 0.1) is 19.7 Å². The molecule has 0 radical (unpaired) electrons. The van der Waals surface area contributed by atoms with Crippen LogP contribution in [-0.2, 0) is 11.0 Å². The molecular formula is C29H32F4N2O3. The molecule has 0 saturated heterocycles. The number of hydroxylamine groups is 2. The summed E-state index contributed by atoms with van der Waals surface area (Å²) < 4.78 is 53.7. The summed E-state index contributed by atoms with van der Waals surface area (Å²) in [5, 5.41) is 14.2. The summed E-state index contributed by atoms with van der Waals surface area (Å²) in [5.41, 5.74) is 3.66. The summed E-state index contributed by atoms with van der Waals surface area (Å²) in [7, 11) is 0. The van der Waals surface area contributed by atoms with Crippen LogP contribution in [0.15, 0.2) is 54.4 Å². The minimum absolute atomic E-state index is 0.231. The molecule has 1 heterocycles. The van der Waals surface area contributed by atoms with Crippen LogP contribution in [0.25, 0.3) is 11.8 Å². The molecule has 2 aromatic rings. The summed E-state index contributed by atoms with van der Waals surface area (Å²) in [5.74, 6) is -2.28. The fourth-order valence-corrected chi connectivity index (χ4v) is 4.39. The largest absolute Gasteiger partial charge is 0.478 e. The molecule has 0 saturated carbocycles. The normalized spacial score (nSPS) is 18.2. The van der Waals surface area contributed by atoms with Gasteiger partial charge in [0.2, 0.25) is 0 Å². The average molecular weight is 533 g/mol. The fraction of sp³-hybridized carbons (Fsp3) is 0.345. The second kappa shape index (κ2) is 12.3. The summed E-state index contributed by atoms with van der Waals surface area (Å²) in [4.78, 5) is 17.2. The Morgan fingerprint density at radius 2 is 1.76 bits per heavy atom. The highest BCUT2D eigenvalue weighted by Crippen LogP contribution is 2.34. The molecule has 0 fully saturated rings. The smallest absolute Gasteiger partial charge is 0.419 e. The lowest BCUT2D eigenvalue weighted by Gasteiger charge is -2.21. The number of benzene rings is 2. The quantitative estimate of drug-likeness (QED) is 0.309. The fourth-order valence-electron chi connectivity index (χ4n) is 4.39. The van der Waals surface area contributed by atoms with Gasteiger partial charge in [-0.15, -0.1) is 5.06 Å². The Morgan fingerprint density at radius 1 is 1.08 bits per heavy atom. The van der Waals surface area contributed by atoms with Gasteiger partial charge in [0.15, 0.2) is 0 Å². The summed E-state index contributed by atoms with van der Waals surface area (Å²) >= 11 is 0. The van der Waals surface area contributed by atoms with Gasteiger partial charge in [0, 0.05) is 30.9 Å². The van der Waals surface area contributed by atoms with Crippen LogP contribution >= 0.6 is 0 Å². The van der Waals surface area contributed by atoms with Crippen molar-refractivity contribution < 1.29 is 32.3 Å². The first kappa shape index (κ1) is 29.0. The number of aromatic carboxylic acids is 1. The van der Waals surface area contributed by atoms with Gasteiger partial charge in [-0.2, -0.15) is 13.2 Å². The Morgan fingerprint density at radius 3 is 2.39 bits per heavy atom. The van der Waals surface area contributed by atoms with Crippen LogP contribution in [-0.4, -0.2) is 29.2 Å². The topological polar surface area (TPSA) is 61.8 Å². The van der Waals surface area contributed by atoms with Crippen molar-refractivity contribution in [3.63, 3.8) is 0 Å². The van der Waals surface area contributed by atoms with Crippen molar-refractivity contribution in [1.82, 2.24) is 10.4 Å². The molecule has 9 heteroatoms. The molecule has 0 atom stereocenters. The van der Waals surface area contributed by atoms with E-state index in [0.29, 0.717) is 37.3 Å². The predicted molar refractivity (Wildman–Crippen MR) is 139 cm³/mol. The van der Waals surface area contributed by atoms with Gasteiger partial charge >= 0.3 is 12.1 Å². The molecule has 38 heavy (non-hydrogen) atoms. The van der Waals surface area contributed by atoms with Crippen molar-refractivity contribution in [1.29, 1.82) is 0 Å². The molecule has 2 aromatic carbocycles. The zero-order chi connectivity index (χ0) is 28.0. The third kappa shape index (κ3) is 7.47. The first-order chi connectivity index (χ1) is 17.9. The molecule has 1 aliphatic rings. The van der Waals surface area contributed by atoms with Crippen molar-refractivity contribution in [2.75, 3.05) is 13.1 Å². The molecule has 0 aliphatic carbocycles. The molecular weight excluding hydrogens is 500 g/mol. The van der Waals surface area contributed by atoms with Crippen LogP contribution in [0.2, 0.25) is 0 Å². The van der Waals surface area contributed by atoms with E-state index in [4.69, 9.17) is 4.84 Å². The number of carboxylic acid groups (broad SMARTS) is 1. The number of alkyl halides is 3. The molecule has 1 aliphatic heterocycles. The monoisotopic (exact) mass is 532 g/mol. The second-order valence-electron chi connectivity index (χ2n) is 9.45. The number of aryl methyl sites for hydroxylation is 2. The van der Waals surface area contributed by atoms with Gasteiger partial charge in [0.25, 0.3) is 0 Å². The molecule has 0 bridgehead atoms. The number of rotatable bonds is 5. The van der Waals surface area contributed by atoms with E-state index in [0.717, 1.165) is 47.2 Å². The Kier molecular flexibility index (Phi) is 9.38. The maximum Gasteiger partial charge on any atom is 0.419 e. The van der Waals surface area contributed by atoms with Crippen LogP contribution < -0.4 is 5.32 Å². The maximum atomic E-state index is 13.8. The summed E-state index contributed by atoms with van der Waals surface area (Å²) in [6, 6.07) is 6.25. The molecule has 5 nitrogen and oxygen atoms in total. The highest BCUT2D eigenvalue weighted by Gasteiger charge is 2.34. The molecule has 204 valence electrons. The highest BCUT2D eigenvalue weighted by atomic mass is 19.4. The van der Waals surface area contributed by atoms with Gasteiger partial charge in [0.05, 0.1) is 11.1 Å². The Bertz CT molecular complexity index is 1240. The summed E-state index contributed by atoms with van der Waals surface area (Å²) in [6.45, 7) is 10.7. The number of carbonyl (C=O) groups is 1. The number of hydrogen-bond acceptors (Lipinski definition) is 4. The van der Waals surface area contributed by atoms with Crippen LogP contribution in [0.1, 0.15) is 70.8 Å². The van der Waals surface area contributed by atoms with Gasteiger partial charge in [-0.05, 0) is 104 Å². The van der Waals surface area contributed by atoms with Gasteiger partial charge in [-0.25, -0.2) is 9.18 Å². The number of hydrogen-bond donors (Lipinski definition) is 2. The minimum atomic E-state index is -4.79.